The molecule has 0 atom stereocenters. The molecule has 0 unspecified atom stereocenters. The Labute approximate surface area is 86.3 Å². The van der Waals surface area contributed by atoms with Gasteiger partial charge < -0.3 is 0 Å². The Morgan fingerprint density at radius 1 is 1.21 bits per heavy atom. The molecule has 2 aromatic rings. The first-order chi connectivity index (χ1) is 6.90. The molecule has 0 bridgehead atoms. The van der Waals surface area contributed by atoms with E-state index in [0.29, 0.717) is 5.13 Å². The van der Waals surface area contributed by atoms with Crippen LogP contribution in [0, 0.1) is 0 Å². The zero-order valence-corrected chi connectivity index (χ0v) is 8.76. The summed E-state index contributed by atoms with van der Waals surface area (Å²) in [6, 6.07) is 9.74. The lowest BCUT2D eigenvalue weighted by Crippen LogP contribution is -1.77. The Morgan fingerprint density at radius 2 is 2.00 bits per heavy atom. The fourth-order valence-corrected chi connectivity index (χ4v) is 2.02. The number of rotatable bonds is 3. The first kappa shape index (κ1) is 9.24. The average molecular weight is 223 g/mol. The van der Waals surface area contributed by atoms with Gasteiger partial charge in [-0.05, 0) is 0 Å². The van der Waals surface area contributed by atoms with Gasteiger partial charge in [-0.25, -0.2) is 4.57 Å². The van der Waals surface area contributed by atoms with E-state index in [4.69, 9.17) is 0 Å². The van der Waals surface area contributed by atoms with Crippen molar-refractivity contribution in [3.05, 3.63) is 30.3 Å². The summed E-state index contributed by atoms with van der Waals surface area (Å²) in [6.45, 7) is 0. The summed E-state index contributed by atoms with van der Waals surface area (Å²) in [4.78, 5) is 0. The highest BCUT2D eigenvalue weighted by atomic mass is 32.1. The summed E-state index contributed by atoms with van der Waals surface area (Å²) in [5.41, 5.74) is 1.01. The molecule has 1 aromatic carbocycles. The van der Waals surface area contributed by atoms with Crippen LogP contribution in [0.4, 0.5) is 5.13 Å². The van der Waals surface area contributed by atoms with Gasteiger partial charge in [0.15, 0.2) is 0 Å². The minimum Gasteiger partial charge on any atom is -0.279 e. The van der Waals surface area contributed by atoms with E-state index in [2.05, 4.69) is 15.3 Å². The third-order valence-corrected chi connectivity index (χ3v) is 2.93. The molecular weight excluding hydrogens is 217 g/mol. The summed E-state index contributed by atoms with van der Waals surface area (Å²) < 4.78 is 10.2. The van der Waals surface area contributed by atoms with Crippen molar-refractivity contribution in [3.63, 3.8) is 0 Å². The predicted molar refractivity (Wildman–Crippen MR) is 56.6 cm³/mol. The minimum absolute atomic E-state index is 0.157. The quantitative estimate of drug-likeness (QED) is 0.813. The highest BCUT2D eigenvalue weighted by Crippen LogP contribution is 2.26. The lowest BCUT2D eigenvalue weighted by Gasteiger charge is -1.91. The van der Waals surface area contributed by atoms with Gasteiger partial charge in [0.05, 0.1) is 0 Å². The molecule has 1 aromatic heterocycles. The van der Waals surface area contributed by atoms with Gasteiger partial charge in [-0.3, -0.25) is 5.09 Å². The molecular formula is C8H6N3OPS. The first-order valence-corrected chi connectivity index (χ1v) is 5.50. The van der Waals surface area contributed by atoms with E-state index in [1.54, 1.807) is 0 Å². The maximum atomic E-state index is 10.2. The largest absolute Gasteiger partial charge is 0.281 e. The van der Waals surface area contributed by atoms with Gasteiger partial charge in [0.25, 0.3) is 8.61 Å². The Balaban J connectivity index is 2.29. The fraction of sp³-hybridized carbons (Fsp3) is 0. The van der Waals surface area contributed by atoms with Crippen LogP contribution in [0.1, 0.15) is 0 Å². The molecule has 1 heterocycles. The third kappa shape index (κ3) is 1.95. The molecule has 0 fully saturated rings. The monoisotopic (exact) mass is 223 g/mol. The highest BCUT2D eigenvalue weighted by Gasteiger charge is 2.04. The number of nitrogens with one attached hydrogen (secondary N) is 1. The second-order valence-corrected chi connectivity index (χ2v) is 3.87. The van der Waals surface area contributed by atoms with Gasteiger partial charge in [-0.1, -0.05) is 41.7 Å². The molecule has 6 heteroatoms. The number of benzene rings is 1. The summed E-state index contributed by atoms with van der Waals surface area (Å²) in [5, 5.41) is 11.7. The Bertz CT molecular complexity index is 431. The number of hydrogen-bond acceptors (Lipinski definition) is 4. The molecule has 70 valence electrons. The van der Waals surface area contributed by atoms with Crippen molar-refractivity contribution in [2.45, 2.75) is 0 Å². The molecule has 0 saturated heterocycles. The van der Waals surface area contributed by atoms with Gasteiger partial charge in [0, 0.05) is 5.56 Å². The smallest absolute Gasteiger partial charge is 0.279 e. The molecule has 4 nitrogen and oxygen atoms in total. The SMILES string of the molecule is O=PNc1nnc(-c2ccccc2)s1. The Morgan fingerprint density at radius 3 is 2.71 bits per heavy atom. The first-order valence-electron chi connectivity index (χ1n) is 3.87. The normalized spacial score (nSPS) is 10.3. The average Bonchev–Trinajstić information content (AvgIpc) is 2.68. The molecule has 0 aliphatic rings. The van der Waals surface area contributed by atoms with Crippen LogP contribution in [0.5, 0.6) is 0 Å². The number of aromatic nitrogens is 2. The number of anilines is 1. The van der Waals surface area contributed by atoms with Gasteiger partial charge in [-0.15, -0.1) is 10.2 Å². The van der Waals surface area contributed by atoms with Crippen molar-refractivity contribution < 1.29 is 4.57 Å². The summed E-state index contributed by atoms with van der Waals surface area (Å²) >= 11 is 1.37. The van der Waals surface area contributed by atoms with Crippen molar-refractivity contribution >= 4 is 25.1 Å². The molecule has 0 aliphatic carbocycles. The van der Waals surface area contributed by atoms with Crippen molar-refractivity contribution in [3.8, 4) is 10.6 Å². The van der Waals surface area contributed by atoms with E-state index in [1.165, 1.54) is 11.3 Å². The van der Waals surface area contributed by atoms with Crippen molar-refractivity contribution in [1.82, 2.24) is 10.2 Å². The van der Waals surface area contributed by atoms with Gasteiger partial charge in [0.1, 0.15) is 5.01 Å². The van der Waals surface area contributed by atoms with Crippen molar-refractivity contribution in [2.24, 2.45) is 0 Å². The van der Waals surface area contributed by atoms with E-state index in [1.807, 2.05) is 30.3 Å². The van der Waals surface area contributed by atoms with Crippen molar-refractivity contribution in [2.75, 3.05) is 5.09 Å². The van der Waals surface area contributed by atoms with Crippen LogP contribution in [0.15, 0.2) is 30.3 Å². The zero-order chi connectivity index (χ0) is 9.80. The van der Waals surface area contributed by atoms with Gasteiger partial charge in [0.2, 0.25) is 5.13 Å². The number of nitrogens with zero attached hydrogens (tertiary/aromatic N) is 2. The molecule has 0 spiro atoms. The molecule has 2 rings (SSSR count). The van der Waals surface area contributed by atoms with E-state index < -0.39 is 0 Å². The highest BCUT2D eigenvalue weighted by molar-refractivity contribution is 7.29. The van der Waals surface area contributed by atoms with E-state index in [-0.39, 0.29) is 8.61 Å². The van der Waals surface area contributed by atoms with Crippen LogP contribution in [0.25, 0.3) is 10.6 Å². The molecule has 0 radical (unpaired) electrons. The maximum absolute atomic E-state index is 10.2. The number of hydrogen-bond donors (Lipinski definition) is 1. The molecule has 14 heavy (non-hydrogen) atoms. The second-order valence-electron chi connectivity index (χ2n) is 2.48. The van der Waals surface area contributed by atoms with Crippen LogP contribution in [0.2, 0.25) is 0 Å². The van der Waals surface area contributed by atoms with Gasteiger partial charge in [-0.2, -0.15) is 0 Å². The summed E-state index contributed by atoms with van der Waals surface area (Å²) in [7, 11) is -0.157. The van der Waals surface area contributed by atoms with Crippen LogP contribution in [-0.4, -0.2) is 10.2 Å². The summed E-state index contributed by atoms with van der Waals surface area (Å²) in [5.74, 6) is 0. The topological polar surface area (TPSA) is 54.9 Å². The lowest BCUT2D eigenvalue weighted by atomic mass is 10.2. The molecule has 0 amide bonds. The van der Waals surface area contributed by atoms with E-state index in [0.717, 1.165) is 10.6 Å². The van der Waals surface area contributed by atoms with Gasteiger partial charge >= 0.3 is 0 Å². The minimum atomic E-state index is -0.157. The third-order valence-electron chi connectivity index (χ3n) is 1.59. The predicted octanol–water partition coefficient (Wildman–Crippen LogP) is 2.82. The second kappa shape index (κ2) is 4.26. The summed E-state index contributed by atoms with van der Waals surface area (Å²) in [6.07, 6.45) is 0. The maximum Gasteiger partial charge on any atom is 0.281 e. The van der Waals surface area contributed by atoms with Crippen LogP contribution < -0.4 is 5.09 Å². The van der Waals surface area contributed by atoms with E-state index >= 15 is 0 Å². The standard InChI is InChI=1S/C8H6N3OPS/c12-13-11-8-10-9-7(14-8)6-4-2-1-3-5-6/h1-5H,(H,10,11,12). The zero-order valence-electron chi connectivity index (χ0n) is 7.04. The van der Waals surface area contributed by atoms with Crippen LogP contribution in [0.3, 0.4) is 0 Å². The Hall–Kier alpha value is -1.32. The lowest BCUT2D eigenvalue weighted by molar-refractivity contribution is 0.601. The Kier molecular flexibility index (Phi) is 2.81. The van der Waals surface area contributed by atoms with Crippen LogP contribution >= 0.6 is 19.9 Å². The van der Waals surface area contributed by atoms with Crippen LogP contribution in [-0.2, 0) is 4.57 Å². The molecule has 0 saturated carbocycles. The molecule has 1 N–H and O–H groups in total. The fourth-order valence-electron chi connectivity index (χ4n) is 1.00. The van der Waals surface area contributed by atoms with Crippen molar-refractivity contribution in [1.29, 1.82) is 0 Å². The van der Waals surface area contributed by atoms with E-state index in [9.17, 15) is 4.57 Å². The molecule has 0 aliphatic heterocycles.